The molecule has 1 aromatic rings. The number of hydrogen-bond donors (Lipinski definition) is 1. The van der Waals surface area contributed by atoms with Gasteiger partial charge >= 0.3 is 0 Å². The van der Waals surface area contributed by atoms with E-state index >= 15 is 0 Å². The number of carbonyl (C=O) groups is 2. The van der Waals surface area contributed by atoms with Crippen LogP contribution in [0.3, 0.4) is 0 Å². The van der Waals surface area contributed by atoms with Gasteiger partial charge in [-0.2, -0.15) is 0 Å². The number of carbonyl (C=O) groups excluding carboxylic acids is 2. The average molecular weight is 362 g/mol. The van der Waals surface area contributed by atoms with Crippen molar-refractivity contribution in [1.29, 1.82) is 0 Å². The highest BCUT2D eigenvalue weighted by atomic mass is 32.1. The molecule has 1 aliphatic heterocycles. The average Bonchev–Trinajstić information content (AvgIpc) is 3.22. The van der Waals surface area contributed by atoms with Gasteiger partial charge in [0.1, 0.15) is 5.01 Å². The molecule has 0 aromatic carbocycles. The zero-order valence-electron chi connectivity index (χ0n) is 14.8. The van der Waals surface area contributed by atoms with Crippen molar-refractivity contribution in [1.82, 2.24) is 15.5 Å². The molecule has 1 N–H and O–H groups in total. The van der Waals surface area contributed by atoms with E-state index in [1.807, 2.05) is 0 Å². The van der Waals surface area contributed by atoms with Gasteiger partial charge in [-0.3, -0.25) is 14.5 Å². The second kappa shape index (κ2) is 8.56. The van der Waals surface area contributed by atoms with Crippen LogP contribution in [0.1, 0.15) is 56.9 Å². The zero-order valence-corrected chi connectivity index (χ0v) is 15.6. The maximum Gasteiger partial charge on any atom is 0.229 e. The summed E-state index contributed by atoms with van der Waals surface area (Å²) in [5.41, 5.74) is 1.45. The lowest BCUT2D eigenvalue weighted by atomic mass is 9.97. The minimum absolute atomic E-state index is 0.0226. The summed E-state index contributed by atoms with van der Waals surface area (Å²) in [7, 11) is 0. The summed E-state index contributed by atoms with van der Waals surface area (Å²) in [6, 6.07) is 0. The number of nitrogens with zero attached hydrogens (tertiary/aromatic N) is 3. The maximum atomic E-state index is 12.4. The van der Waals surface area contributed by atoms with Crippen molar-refractivity contribution >= 4 is 28.3 Å². The van der Waals surface area contributed by atoms with Crippen LogP contribution < -0.4 is 10.2 Å². The lowest BCUT2D eigenvalue weighted by Crippen LogP contribution is -2.33. The first kappa shape index (κ1) is 18.0. The number of aryl methyl sites for hydroxylation is 1. The predicted molar refractivity (Wildman–Crippen MR) is 98.5 cm³/mol. The molecule has 2 aliphatic rings. The molecule has 1 aliphatic carbocycles. The fourth-order valence-electron chi connectivity index (χ4n) is 3.36. The molecular formula is C18H26N4O2S. The number of anilines is 1. The van der Waals surface area contributed by atoms with E-state index < -0.39 is 0 Å². The molecule has 1 saturated heterocycles. The van der Waals surface area contributed by atoms with Crippen molar-refractivity contribution in [3.63, 3.8) is 0 Å². The molecule has 3 rings (SSSR count). The minimum Gasteiger partial charge on any atom is -0.355 e. The third kappa shape index (κ3) is 4.66. The number of hydrogen-bond acceptors (Lipinski definition) is 5. The molecule has 6 nitrogen and oxygen atoms in total. The quantitative estimate of drug-likeness (QED) is 0.757. The Morgan fingerprint density at radius 3 is 3.00 bits per heavy atom. The number of aromatic nitrogens is 2. The van der Waals surface area contributed by atoms with Gasteiger partial charge in [-0.15, -0.1) is 10.2 Å². The van der Waals surface area contributed by atoms with Crippen molar-refractivity contribution < 1.29 is 9.59 Å². The van der Waals surface area contributed by atoms with Gasteiger partial charge in [0.25, 0.3) is 0 Å². The van der Waals surface area contributed by atoms with Crippen LogP contribution >= 0.6 is 11.3 Å². The Morgan fingerprint density at radius 2 is 2.24 bits per heavy atom. The SMILES string of the molecule is CCCc1nnc(N2CC(C(=O)NCCC3=CCCCC3)CC2=O)s1. The fraction of sp³-hybridized carbons (Fsp3) is 0.667. The van der Waals surface area contributed by atoms with E-state index in [1.165, 1.54) is 29.8 Å². The van der Waals surface area contributed by atoms with Gasteiger partial charge < -0.3 is 5.32 Å². The third-order valence-corrected chi connectivity index (χ3v) is 5.78. The van der Waals surface area contributed by atoms with Crippen molar-refractivity contribution in [3.8, 4) is 0 Å². The molecule has 136 valence electrons. The minimum atomic E-state index is -0.286. The summed E-state index contributed by atoms with van der Waals surface area (Å²) in [6.07, 6.45) is 10.2. The number of nitrogens with one attached hydrogen (secondary N) is 1. The Morgan fingerprint density at radius 1 is 1.36 bits per heavy atom. The number of rotatable bonds is 7. The van der Waals surface area contributed by atoms with Crippen molar-refractivity contribution in [2.75, 3.05) is 18.0 Å². The normalized spacial score (nSPS) is 20.7. The summed E-state index contributed by atoms with van der Waals surface area (Å²) in [4.78, 5) is 26.2. The lowest BCUT2D eigenvalue weighted by molar-refractivity contribution is -0.126. The van der Waals surface area contributed by atoms with Gasteiger partial charge in [0, 0.05) is 25.9 Å². The van der Waals surface area contributed by atoms with E-state index in [0.717, 1.165) is 37.1 Å². The van der Waals surface area contributed by atoms with Gasteiger partial charge in [0.2, 0.25) is 16.9 Å². The topological polar surface area (TPSA) is 75.2 Å². The summed E-state index contributed by atoms with van der Waals surface area (Å²) in [6.45, 7) is 3.16. The van der Waals surface area contributed by atoms with Crippen LogP contribution in [0.25, 0.3) is 0 Å². The van der Waals surface area contributed by atoms with Crippen LogP contribution in [-0.2, 0) is 16.0 Å². The van der Waals surface area contributed by atoms with E-state index in [-0.39, 0.29) is 24.2 Å². The van der Waals surface area contributed by atoms with Crippen molar-refractivity contribution in [2.45, 2.75) is 58.3 Å². The molecule has 1 unspecified atom stereocenters. The molecule has 0 radical (unpaired) electrons. The monoisotopic (exact) mass is 362 g/mol. The van der Waals surface area contributed by atoms with Crippen molar-refractivity contribution in [3.05, 3.63) is 16.7 Å². The van der Waals surface area contributed by atoms with Gasteiger partial charge in [-0.25, -0.2) is 0 Å². The van der Waals surface area contributed by atoms with Crippen LogP contribution in [0.4, 0.5) is 5.13 Å². The number of allylic oxidation sites excluding steroid dienone is 1. The van der Waals surface area contributed by atoms with Crippen molar-refractivity contribution in [2.24, 2.45) is 5.92 Å². The highest BCUT2D eigenvalue weighted by Crippen LogP contribution is 2.28. The van der Waals surface area contributed by atoms with Crippen LogP contribution in [0.15, 0.2) is 11.6 Å². The largest absolute Gasteiger partial charge is 0.355 e. The molecule has 0 saturated carbocycles. The summed E-state index contributed by atoms with van der Waals surface area (Å²) in [5, 5.41) is 12.8. The Kier molecular flexibility index (Phi) is 6.18. The standard InChI is InChI=1S/C18H26N4O2S/c1-2-6-15-20-21-18(25-15)22-12-14(11-16(22)23)17(24)19-10-9-13-7-4-3-5-8-13/h7,14H,2-6,8-12H2,1H3,(H,19,24). The highest BCUT2D eigenvalue weighted by Gasteiger charge is 2.36. The Balaban J connectivity index is 1.49. The first-order valence-electron chi connectivity index (χ1n) is 9.25. The fourth-order valence-corrected chi connectivity index (χ4v) is 4.33. The van der Waals surface area contributed by atoms with Crippen LogP contribution in [-0.4, -0.2) is 35.1 Å². The molecule has 1 fully saturated rings. The third-order valence-electron chi connectivity index (χ3n) is 4.78. The van der Waals surface area contributed by atoms with E-state index in [0.29, 0.717) is 18.2 Å². The predicted octanol–water partition coefficient (Wildman–Crippen LogP) is 2.85. The van der Waals surface area contributed by atoms with Crippen LogP contribution in [0, 0.1) is 5.92 Å². The van der Waals surface area contributed by atoms with Gasteiger partial charge in [0.15, 0.2) is 0 Å². The van der Waals surface area contributed by atoms with E-state index in [1.54, 1.807) is 4.90 Å². The smallest absolute Gasteiger partial charge is 0.229 e. The number of amides is 2. The van der Waals surface area contributed by atoms with E-state index in [4.69, 9.17) is 0 Å². The molecule has 2 amide bonds. The molecule has 0 bridgehead atoms. The molecule has 2 heterocycles. The summed E-state index contributed by atoms with van der Waals surface area (Å²) < 4.78 is 0. The Hall–Kier alpha value is -1.76. The first-order valence-corrected chi connectivity index (χ1v) is 10.1. The van der Waals surface area contributed by atoms with Crippen LogP contribution in [0.5, 0.6) is 0 Å². The van der Waals surface area contributed by atoms with E-state index in [9.17, 15) is 9.59 Å². The van der Waals surface area contributed by atoms with E-state index in [2.05, 4.69) is 28.5 Å². The van der Waals surface area contributed by atoms with Gasteiger partial charge in [0.05, 0.1) is 5.92 Å². The Bertz CT molecular complexity index is 655. The maximum absolute atomic E-state index is 12.4. The molecular weight excluding hydrogens is 336 g/mol. The second-order valence-corrected chi connectivity index (χ2v) is 7.82. The molecule has 1 atom stereocenters. The first-order chi connectivity index (χ1) is 12.2. The molecule has 1 aromatic heterocycles. The second-order valence-electron chi connectivity index (χ2n) is 6.78. The molecule has 25 heavy (non-hydrogen) atoms. The Labute approximate surface area is 152 Å². The summed E-state index contributed by atoms with van der Waals surface area (Å²) >= 11 is 1.45. The van der Waals surface area contributed by atoms with Crippen LogP contribution in [0.2, 0.25) is 0 Å². The summed E-state index contributed by atoms with van der Waals surface area (Å²) in [5.74, 6) is -0.341. The van der Waals surface area contributed by atoms with Gasteiger partial charge in [-0.1, -0.05) is 29.9 Å². The zero-order chi connectivity index (χ0) is 17.6. The van der Waals surface area contributed by atoms with Gasteiger partial charge in [-0.05, 0) is 38.5 Å². The molecule has 7 heteroatoms. The molecule has 0 spiro atoms. The lowest BCUT2D eigenvalue weighted by Gasteiger charge is -2.15. The highest BCUT2D eigenvalue weighted by molar-refractivity contribution is 7.15.